The second-order valence-corrected chi connectivity index (χ2v) is 10.8. The fourth-order valence-corrected chi connectivity index (χ4v) is 6.91. The van der Waals surface area contributed by atoms with Gasteiger partial charge in [-0.15, -0.1) is 0 Å². The zero-order valence-electron chi connectivity index (χ0n) is 21.9. The molecule has 1 aromatic rings. The molecule has 5 rings (SSSR count). The van der Waals surface area contributed by atoms with Crippen molar-refractivity contribution < 1.29 is 38.2 Å². The van der Waals surface area contributed by atoms with E-state index in [0.717, 1.165) is 5.69 Å². The summed E-state index contributed by atoms with van der Waals surface area (Å²) in [6, 6.07) is 9.14. The van der Waals surface area contributed by atoms with Crippen molar-refractivity contribution in [1.29, 1.82) is 0 Å². The summed E-state index contributed by atoms with van der Waals surface area (Å²) in [7, 11) is 1.45. The molecular weight excluding hydrogens is 490 g/mol. The minimum absolute atomic E-state index is 0.0193. The quantitative estimate of drug-likeness (QED) is 0.444. The van der Waals surface area contributed by atoms with Crippen LogP contribution in [0.4, 0.5) is 5.69 Å². The summed E-state index contributed by atoms with van der Waals surface area (Å²) in [6.45, 7) is 4.70. The Morgan fingerprint density at radius 2 is 1.82 bits per heavy atom. The monoisotopic (exact) mass is 521 g/mol. The molecule has 1 N–H and O–H groups in total. The Balaban J connectivity index is 1.74. The van der Waals surface area contributed by atoms with Crippen molar-refractivity contribution in [3.05, 3.63) is 52.6 Å². The first-order chi connectivity index (χ1) is 18.0. The molecule has 0 amide bonds. The zero-order chi connectivity index (χ0) is 27.4. The predicted octanol–water partition coefficient (Wildman–Crippen LogP) is 2.74. The van der Waals surface area contributed by atoms with Gasteiger partial charge in [-0.1, -0.05) is 25.1 Å². The van der Waals surface area contributed by atoms with Gasteiger partial charge in [0.15, 0.2) is 0 Å². The van der Waals surface area contributed by atoms with Gasteiger partial charge >= 0.3 is 11.9 Å². The number of esters is 2. The number of cyclic esters (lactones) is 1. The molecular formula is C29H31NO8. The highest BCUT2D eigenvalue weighted by Crippen LogP contribution is 2.61. The van der Waals surface area contributed by atoms with E-state index < -0.39 is 52.5 Å². The fraction of sp³-hybridized carbons (Fsp3) is 0.483. The molecule has 9 nitrogen and oxygen atoms in total. The Morgan fingerprint density at radius 3 is 2.47 bits per heavy atom. The molecule has 0 spiro atoms. The van der Waals surface area contributed by atoms with Gasteiger partial charge in [0.25, 0.3) is 0 Å². The average Bonchev–Trinajstić information content (AvgIpc) is 3.16. The molecule has 1 aromatic carbocycles. The minimum atomic E-state index is -1.30. The highest BCUT2D eigenvalue weighted by atomic mass is 16.6. The number of ketones is 3. The van der Waals surface area contributed by atoms with E-state index in [2.05, 4.69) is 5.32 Å². The number of Topliss-reactive ketones (excluding diaryl/α,β-unsaturated/α-hetero) is 3. The highest BCUT2D eigenvalue weighted by molar-refractivity contribution is 6.51. The van der Waals surface area contributed by atoms with Gasteiger partial charge in [-0.25, -0.2) is 4.79 Å². The lowest BCUT2D eigenvalue weighted by atomic mass is 9.52. The van der Waals surface area contributed by atoms with Crippen LogP contribution in [-0.2, 0) is 38.2 Å². The van der Waals surface area contributed by atoms with Gasteiger partial charge in [0, 0.05) is 61.6 Å². The van der Waals surface area contributed by atoms with Crippen molar-refractivity contribution in [3.8, 4) is 0 Å². The molecule has 0 radical (unpaired) electrons. The maximum atomic E-state index is 13.9. The van der Waals surface area contributed by atoms with Crippen LogP contribution in [0.2, 0.25) is 0 Å². The molecule has 38 heavy (non-hydrogen) atoms. The van der Waals surface area contributed by atoms with Crippen molar-refractivity contribution in [2.75, 3.05) is 25.6 Å². The lowest BCUT2D eigenvalue weighted by Crippen LogP contribution is -2.59. The predicted molar refractivity (Wildman–Crippen MR) is 135 cm³/mol. The van der Waals surface area contributed by atoms with Crippen LogP contribution in [0.3, 0.4) is 0 Å². The number of methoxy groups -OCH3 is 1. The number of nitrogens with one attached hydrogen (secondary N) is 1. The summed E-state index contributed by atoms with van der Waals surface area (Å²) in [5.41, 5.74) is -0.770. The van der Waals surface area contributed by atoms with E-state index in [1.54, 1.807) is 13.8 Å². The van der Waals surface area contributed by atoms with Crippen LogP contribution in [0.1, 0.15) is 40.0 Å². The van der Waals surface area contributed by atoms with Crippen LogP contribution in [0.25, 0.3) is 0 Å². The number of benzene rings is 1. The van der Waals surface area contributed by atoms with E-state index >= 15 is 0 Å². The minimum Gasteiger partial charge on any atom is -0.458 e. The fourth-order valence-electron chi connectivity index (χ4n) is 6.91. The van der Waals surface area contributed by atoms with E-state index in [1.807, 2.05) is 30.3 Å². The molecule has 1 heterocycles. The summed E-state index contributed by atoms with van der Waals surface area (Å²) in [6.07, 6.45) is -1.01. The number of hydrogen-bond donors (Lipinski definition) is 1. The number of rotatable bonds is 6. The molecule has 0 bridgehead atoms. The van der Waals surface area contributed by atoms with Crippen LogP contribution < -0.4 is 5.32 Å². The lowest BCUT2D eigenvalue weighted by Gasteiger charge is -2.53. The smallest absolute Gasteiger partial charge is 0.336 e. The van der Waals surface area contributed by atoms with Crippen LogP contribution in [-0.4, -0.2) is 61.8 Å². The summed E-state index contributed by atoms with van der Waals surface area (Å²) >= 11 is 0. The van der Waals surface area contributed by atoms with E-state index in [4.69, 9.17) is 14.2 Å². The molecule has 1 aliphatic heterocycles. The van der Waals surface area contributed by atoms with Gasteiger partial charge < -0.3 is 19.5 Å². The third-order valence-corrected chi connectivity index (χ3v) is 8.70. The Hall–Kier alpha value is -3.59. The van der Waals surface area contributed by atoms with Gasteiger partial charge in [0.05, 0.1) is 17.6 Å². The van der Waals surface area contributed by atoms with Crippen molar-refractivity contribution >= 4 is 35.0 Å². The second kappa shape index (κ2) is 9.31. The molecule has 0 aromatic heterocycles. The molecule has 1 saturated carbocycles. The van der Waals surface area contributed by atoms with E-state index in [1.165, 1.54) is 14.0 Å². The van der Waals surface area contributed by atoms with Crippen LogP contribution in [0.5, 0.6) is 0 Å². The van der Waals surface area contributed by atoms with Crippen molar-refractivity contribution in [2.45, 2.75) is 52.2 Å². The Kier molecular flexibility index (Phi) is 6.38. The number of ether oxygens (including phenoxy) is 3. The van der Waals surface area contributed by atoms with E-state index in [0.29, 0.717) is 12.0 Å². The third-order valence-electron chi connectivity index (χ3n) is 8.70. The van der Waals surface area contributed by atoms with Crippen molar-refractivity contribution in [3.63, 3.8) is 0 Å². The van der Waals surface area contributed by atoms with Crippen LogP contribution in [0.15, 0.2) is 52.6 Å². The number of anilines is 1. The van der Waals surface area contributed by atoms with Crippen LogP contribution in [0, 0.1) is 16.7 Å². The normalized spacial score (nSPS) is 32.5. The molecule has 1 fully saturated rings. The number of carbonyl (C=O) groups excluding carboxylic acids is 5. The topological polar surface area (TPSA) is 125 Å². The van der Waals surface area contributed by atoms with Gasteiger partial charge in [-0.3, -0.25) is 19.2 Å². The van der Waals surface area contributed by atoms with Crippen LogP contribution >= 0.6 is 0 Å². The lowest BCUT2D eigenvalue weighted by molar-refractivity contribution is -0.161. The largest absolute Gasteiger partial charge is 0.458 e. The van der Waals surface area contributed by atoms with Gasteiger partial charge in [-0.05, 0) is 31.1 Å². The second-order valence-electron chi connectivity index (χ2n) is 10.8. The number of fused-ring (bicyclic) bond motifs is 4. The summed E-state index contributed by atoms with van der Waals surface area (Å²) < 4.78 is 17.0. The van der Waals surface area contributed by atoms with Crippen molar-refractivity contribution in [2.24, 2.45) is 16.7 Å². The van der Waals surface area contributed by atoms with Crippen molar-refractivity contribution in [1.82, 2.24) is 0 Å². The molecule has 4 aliphatic rings. The van der Waals surface area contributed by atoms with E-state index in [9.17, 15) is 24.0 Å². The Bertz CT molecular complexity index is 1310. The summed E-state index contributed by atoms with van der Waals surface area (Å²) in [4.78, 5) is 66.3. The van der Waals surface area contributed by atoms with Gasteiger partial charge in [0.2, 0.25) is 11.6 Å². The summed E-state index contributed by atoms with van der Waals surface area (Å²) in [5.74, 6) is -3.34. The first-order valence-electron chi connectivity index (χ1n) is 12.8. The highest BCUT2D eigenvalue weighted by Gasteiger charge is 2.65. The Labute approximate surface area is 220 Å². The molecule has 9 heteroatoms. The van der Waals surface area contributed by atoms with E-state index in [-0.39, 0.29) is 48.5 Å². The molecule has 0 unspecified atom stereocenters. The number of hydrogen-bond acceptors (Lipinski definition) is 9. The first kappa shape index (κ1) is 26.0. The summed E-state index contributed by atoms with van der Waals surface area (Å²) in [5, 5.41) is 3.14. The average molecular weight is 522 g/mol. The first-order valence-corrected chi connectivity index (χ1v) is 12.8. The third kappa shape index (κ3) is 3.74. The SMILES string of the molecule is COC[C@@H]1OC(=O)C(CNc2ccccc2)=C2C(=O)C(=O)C3=C([C@H](OC(C)=O)C[C@]4(C)C(=O)CC[C@H]34)[C@]21C. The molecule has 200 valence electrons. The standard InChI is InChI=1S/C29H31NO8/c1-15(31)37-19-12-28(2)18(10-11-20(28)32)22-24(19)29(3)21(14-36-4)38-27(35)17(23(29)26(34)25(22)33)13-30-16-8-6-5-7-9-16/h5-9,18-19,21,30H,10-14H2,1-4H3/t18-,19-,21+,28+,29+/m1/s1. The maximum absolute atomic E-state index is 13.9. The van der Waals surface area contributed by atoms with Gasteiger partial charge in [-0.2, -0.15) is 0 Å². The molecule has 0 saturated heterocycles. The number of allylic oxidation sites excluding steroid dienone is 1. The number of carbonyl (C=O) groups is 5. The number of para-hydroxylation sites is 1. The molecule has 3 aliphatic carbocycles. The zero-order valence-corrected chi connectivity index (χ0v) is 21.9. The molecule has 5 atom stereocenters. The maximum Gasteiger partial charge on any atom is 0.336 e. The van der Waals surface area contributed by atoms with Gasteiger partial charge in [0.1, 0.15) is 18.0 Å². The Morgan fingerprint density at radius 1 is 1.11 bits per heavy atom.